The molecule has 33 heavy (non-hydrogen) atoms. The summed E-state index contributed by atoms with van der Waals surface area (Å²) in [6.45, 7) is 16.7. The Hall–Kier alpha value is -3.12. The molecule has 0 N–H and O–H groups in total. The van der Waals surface area contributed by atoms with E-state index < -0.39 is 0 Å². The average Bonchev–Trinajstić information content (AvgIpc) is 3.09. The first-order valence-corrected chi connectivity index (χ1v) is 12.6. The van der Waals surface area contributed by atoms with E-state index in [1.54, 1.807) is 0 Å². The van der Waals surface area contributed by atoms with Crippen LogP contribution in [0.3, 0.4) is 0 Å². The Kier molecular flexibility index (Phi) is 7.59. The lowest BCUT2D eigenvalue weighted by atomic mass is 9.81. The van der Waals surface area contributed by atoms with Crippen LogP contribution in [0.15, 0.2) is 84.9 Å². The standard InChI is InChI=1S/C27H20.3C2H6/c1-27(2)25-15-20-10-6-5-9-19(20)13-23(25)24-14-21-11-17-7-3-4-8-18(17)12-22(21)16-26(24)27;3*1-2/h3-16H,1-2H3;3*1-2H3. The highest BCUT2D eigenvalue weighted by molar-refractivity contribution is 6.03. The largest absolute Gasteiger partial charge is 0.0683 e. The Labute approximate surface area is 200 Å². The smallest absolute Gasteiger partial charge is 0.0159 e. The maximum atomic E-state index is 2.42. The van der Waals surface area contributed by atoms with Crippen molar-refractivity contribution in [3.05, 3.63) is 96.1 Å². The normalized spacial score (nSPS) is 12.5. The molecule has 0 aromatic heterocycles. The number of hydrogen-bond acceptors (Lipinski definition) is 0. The molecule has 6 rings (SSSR count). The van der Waals surface area contributed by atoms with E-state index in [4.69, 9.17) is 0 Å². The van der Waals surface area contributed by atoms with Crippen molar-refractivity contribution in [1.29, 1.82) is 0 Å². The van der Waals surface area contributed by atoms with Gasteiger partial charge in [0.15, 0.2) is 0 Å². The molecule has 0 heteroatoms. The number of rotatable bonds is 0. The van der Waals surface area contributed by atoms with Gasteiger partial charge in [-0.1, -0.05) is 104 Å². The molecule has 0 amide bonds. The first-order chi connectivity index (χ1) is 16.1. The quantitative estimate of drug-likeness (QED) is 0.213. The number of fused-ring (bicyclic) bond motifs is 6. The van der Waals surface area contributed by atoms with E-state index in [2.05, 4.69) is 98.8 Å². The molecule has 1 aliphatic carbocycles. The molecule has 0 saturated heterocycles. The first kappa shape index (κ1) is 24.5. The topological polar surface area (TPSA) is 0 Å². The van der Waals surface area contributed by atoms with Gasteiger partial charge in [-0.15, -0.1) is 0 Å². The summed E-state index contributed by atoms with van der Waals surface area (Å²) in [5, 5.41) is 7.91. The molecule has 0 radical (unpaired) electrons. The Balaban J connectivity index is 0.000000475. The summed E-state index contributed by atoms with van der Waals surface area (Å²) in [6, 6.07) is 31.6. The van der Waals surface area contributed by atoms with Gasteiger partial charge in [-0.05, 0) is 91.0 Å². The van der Waals surface area contributed by atoms with E-state index in [0.29, 0.717) is 0 Å². The summed E-state index contributed by atoms with van der Waals surface area (Å²) in [5.41, 5.74) is 5.69. The minimum absolute atomic E-state index is 0.0224. The van der Waals surface area contributed by atoms with Gasteiger partial charge in [0.05, 0.1) is 0 Å². The zero-order valence-corrected chi connectivity index (χ0v) is 21.6. The van der Waals surface area contributed by atoms with Gasteiger partial charge in [-0.2, -0.15) is 0 Å². The average molecular weight is 435 g/mol. The van der Waals surface area contributed by atoms with Crippen LogP contribution in [0.1, 0.15) is 66.5 Å². The van der Waals surface area contributed by atoms with E-state index in [-0.39, 0.29) is 5.41 Å². The number of benzene rings is 5. The van der Waals surface area contributed by atoms with Gasteiger partial charge in [0.1, 0.15) is 0 Å². The molecule has 0 bridgehead atoms. The Morgan fingerprint density at radius 3 is 1.15 bits per heavy atom. The third-order valence-corrected chi connectivity index (χ3v) is 6.36. The van der Waals surface area contributed by atoms with Gasteiger partial charge in [-0.25, -0.2) is 0 Å². The van der Waals surface area contributed by atoms with Crippen molar-refractivity contribution in [2.75, 3.05) is 0 Å². The van der Waals surface area contributed by atoms with Crippen molar-refractivity contribution in [3.63, 3.8) is 0 Å². The molecule has 170 valence electrons. The summed E-state index contributed by atoms with van der Waals surface area (Å²) in [4.78, 5) is 0. The fraction of sp³-hybridized carbons (Fsp3) is 0.273. The van der Waals surface area contributed by atoms with Crippen molar-refractivity contribution in [2.45, 2.75) is 60.8 Å². The van der Waals surface area contributed by atoms with E-state index >= 15 is 0 Å². The van der Waals surface area contributed by atoms with Crippen molar-refractivity contribution >= 4 is 32.3 Å². The molecule has 0 saturated carbocycles. The molecular weight excluding hydrogens is 396 g/mol. The van der Waals surface area contributed by atoms with Crippen LogP contribution in [0.4, 0.5) is 0 Å². The minimum atomic E-state index is 0.0224. The summed E-state index contributed by atoms with van der Waals surface area (Å²) in [5.74, 6) is 0. The zero-order valence-electron chi connectivity index (χ0n) is 21.6. The van der Waals surface area contributed by atoms with Gasteiger partial charge < -0.3 is 0 Å². The predicted molar refractivity (Wildman–Crippen MR) is 151 cm³/mol. The molecule has 0 heterocycles. The van der Waals surface area contributed by atoms with E-state index in [1.165, 1.54) is 54.6 Å². The third-order valence-electron chi connectivity index (χ3n) is 6.36. The highest BCUT2D eigenvalue weighted by atomic mass is 14.4. The molecule has 0 atom stereocenters. The fourth-order valence-corrected chi connectivity index (χ4v) is 4.86. The van der Waals surface area contributed by atoms with E-state index in [9.17, 15) is 0 Å². The second-order valence-corrected chi connectivity index (χ2v) is 8.31. The van der Waals surface area contributed by atoms with Gasteiger partial charge in [-0.3, -0.25) is 0 Å². The van der Waals surface area contributed by atoms with Crippen LogP contribution in [0.25, 0.3) is 43.4 Å². The van der Waals surface area contributed by atoms with Crippen LogP contribution in [0.2, 0.25) is 0 Å². The lowest BCUT2D eigenvalue weighted by Gasteiger charge is -2.22. The van der Waals surface area contributed by atoms with Crippen molar-refractivity contribution in [1.82, 2.24) is 0 Å². The summed E-state index contributed by atoms with van der Waals surface area (Å²) in [6.07, 6.45) is 0. The lowest BCUT2D eigenvalue weighted by molar-refractivity contribution is 0.662. The van der Waals surface area contributed by atoms with Crippen LogP contribution >= 0.6 is 0 Å². The third kappa shape index (κ3) is 4.15. The molecule has 1 aliphatic rings. The molecule has 0 spiro atoms. The van der Waals surface area contributed by atoms with E-state index in [1.807, 2.05) is 41.5 Å². The van der Waals surface area contributed by atoms with E-state index in [0.717, 1.165) is 0 Å². The fourth-order valence-electron chi connectivity index (χ4n) is 4.86. The molecule has 0 unspecified atom stereocenters. The summed E-state index contributed by atoms with van der Waals surface area (Å²) >= 11 is 0. The molecule has 5 aromatic rings. The van der Waals surface area contributed by atoms with Gasteiger partial charge >= 0.3 is 0 Å². The predicted octanol–water partition coefficient (Wildman–Crippen LogP) is 10.5. The van der Waals surface area contributed by atoms with Gasteiger partial charge in [0, 0.05) is 5.41 Å². The Morgan fingerprint density at radius 1 is 0.394 bits per heavy atom. The minimum Gasteiger partial charge on any atom is -0.0683 e. The zero-order chi connectivity index (χ0) is 24.2. The van der Waals surface area contributed by atoms with Gasteiger partial charge in [0.2, 0.25) is 0 Å². The van der Waals surface area contributed by atoms with Crippen LogP contribution in [0, 0.1) is 0 Å². The number of hydrogen-bond donors (Lipinski definition) is 0. The highest BCUT2D eigenvalue weighted by Crippen LogP contribution is 2.51. The Morgan fingerprint density at radius 2 is 0.697 bits per heavy atom. The molecule has 0 nitrogen and oxygen atoms in total. The van der Waals surface area contributed by atoms with Crippen LogP contribution in [-0.2, 0) is 5.41 Å². The highest BCUT2D eigenvalue weighted by Gasteiger charge is 2.35. The van der Waals surface area contributed by atoms with Crippen molar-refractivity contribution in [3.8, 4) is 11.1 Å². The second-order valence-electron chi connectivity index (χ2n) is 8.31. The Bertz CT molecular complexity index is 1390. The molecular formula is C33H38. The van der Waals surface area contributed by atoms with Crippen molar-refractivity contribution in [2.24, 2.45) is 0 Å². The van der Waals surface area contributed by atoms with Gasteiger partial charge in [0.25, 0.3) is 0 Å². The molecule has 0 fully saturated rings. The van der Waals surface area contributed by atoms with Crippen LogP contribution in [-0.4, -0.2) is 0 Å². The monoisotopic (exact) mass is 434 g/mol. The van der Waals surface area contributed by atoms with Crippen LogP contribution in [0.5, 0.6) is 0 Å². The maximum absolute atomic E-state index is 2.42. The lowest BCUT2D eigenvalue weighted by Crippen LogP contribution is -2.14. The summed E-state index contributed by atoms with van der Waals surface area (Å²) in [7, 11) is 0. The van der Waals surface area contributed by atoms with Crippen LogP contribution < -0.4 is 0 Å². The SMILES string of the molecule is CC.CC.CC.CC1(C)c2cc3ccccc3cc2-c2cc3cc4ccccc4cc3cc21. The summed E-state index contributed by atoms with van der Waals surface area (Å²) < 4.78 is 0. The first-order valence-electron chi connectivity index (χ1n) is 12.6. The maximum Gasteiger partial charge on any atom is 0.0159 e. The van der Waals surface area contributed by atoms with Crippen molar-refractivity contribution < 1.29 is 0 Å². The molecule has 5 aromatic carbocycles. The second kappa shape index (κ2) is 10.2. The molecule has 0 aliphatic heterocycles.